The Balaban J connectivity index is 2.63. The van der Waals surface area contributed by atoms with Gasteiger partial charge in [0, 0.05) is 0 Å². The fourth-order valence-electron chi connectivity index (χ4n) is 1.54. The van der Waals surface area contributed by atoms with Crippen LogP contribution in [-0.4, -0.2) is 16.6 Å². The smallest absolute Gasteiger partial charge is 0.224 e. The van der Waals surface area contributed by atoms with Gasteiger partial charge in [-0.05, 0) is 32.1 Å². The molecule has 0 radical (unpaired) electrons. The Hall–Kier alpha value is -1.90. The second-order valence-electron chi connectivity index (χ2n) is 3.34. The average Bonchev–Trinajstić information content (AvgIpc) is 2.30. The Bertz CT molecular complexity index is 520. The van der Waals surface area contributed by atoms with Crippen LogP contribution >= 0.6 is 0 Å². The molecule has 0 fully saturated rings. The third-order valence-electron chi connectivity index (χ3n) is 2.18. The van der Waals surface area contributed by atoms with Crippen molar-refractivity contribution in [2.24, 2.45) is 0 Å². The number of hydrogen-bond donors (Lipinski definition) is 0. The highest BCUT2D eigenvalue weighted by molar-refractivity contribution is 5.84. The Morgan fingerprint density at radius 1 is 1.25 bits per heavy atom. The Morgan fingerprint density at radius 2 is 2.06 bits per heavy atom. The molecule has 0 aliphatic heterocycles. The van der Waals surface area contributed by atoms with E-state index in [4.69, 9.17) is 4.74 Å². The Kier molecular flexibility index (Phi) is 3.15. The molecular weight excluding hydrogens is 200 g/mol. The van der Waals surface area contributed by atoms with Crippen molar-refractivity contribution >= 4 is 17.0 Å². The number of aromatic nitrogens is 2. The van der Waals surface area contributed by atoms with Crippen molar-refractivity contribution in [1.29, 1.82) is 0 Å². The van der Waals surface area contributed by atoms with E-state index in [0.717, 1.165) is 10.9 Å². The molecule has 1 aromatic carbocycles. The maximum atomic E-state index is 5.52. The number of hydrogen-bond acceptors (Lipinski definition) is 3. The lowest BCUT2D eigenvalue weighted by atomic mass is 10.2. The van der Waals surface area contributed by atoms with E-state index < -0.39 is 0 Å². The lowest BCUT2D eigenvalue weighted by Gasteiger charge is -2.06. The van der Waals surface area contributed by atoms with Crippen molar-refractivity contribution in [3.05, 3.63) is 36.2 Å². The highest BCUT2D eigenvalue weighted by Crippen LogP contribution is 2.22. The normalized spacial score (nSPS) is 11.1. The maximum absolute atomic E-state index is 5.52. The molecule has 0 amide bonds. The highest BCUT2D eigenvalue weighted by atomic mass is 16.5. The molecule has 2 rings (SSSR count). The van der Waals surface area contributed by atoms with Crippen LogP contribution < -0.4 is 4.74 Å². The van der Waals surface area contributed by atoms with Gasteiger partial charge in [-0.2, -0.15) is 4.98 Å². The predicted molar refractivity (Wildman–Crippen MR) is 65.4 cm³/mol. The number of nitrogens with zero attached hydrogens (tertiary/aromatic N) is 2. The van der Waals surface area contributed by atoms with Crippen LogP contribution in [0.15, 0.2) is 30.3 Å². The number of ether oxygens (including phenoxy) is 1. The predicted octanol–water partition coefficient (Wildman–Crippen LogP) is 3.06. The first-order valence-electron chi connectivity index (χ1n) is 5.37. The molecule has 3 nitrogen and oxygen atoms in total. The van der Waals surface area contributed by atoms with Crippen molar-refractivity contribution in [1.82, 2.24) is 9.97 Å². The van der Waals surface area contributed by atoms with E-state index in [1.807, 2.05) is 50.3 Å². The summed E-state index contributed by atoms with van der Waals surface area (Å²) in [6.07, 6.45) is 3.79. The Morgan fingerprint density at radius 3 is 2.81 bits per heavy atom. The van der Waals surface area contributed by atoms with Gasteiger partial charge >= 0.3 is 0 Å². The second-order valence-corrected chi connectivity index (χ2v) is 3.34. The van der Waals surface area contributed by atoms with Gasteiger partial charge in [-0.25, -0.2) is 4.98 Å². The molecule has 0 aliphatic rings. The summed E-state index contributed by atoms with van der Waals surface area (Å²) in [6.45, 7) is 4.50. The summed E-state index contributed by atoms with van der Waals surface area (Å²) in [5.41, 5.74) is 0.911. The average molecular weight is 214 g/mol. The molecule has 0 saturated heterocycles. The number of para-hydroxylation sites is 1. The number of rotatable bonds is 3. The van der Waals surface area contributed by atoms with Gasteiger partial charge in [-0.1, -0.05) is 18.2 Å². The number of allylic oxidation sites excluding steroid dienone is 1. The maximum Gasteiger partial charge on any atom is 0.224 e. The zero-order chi connectivity index (χ0) is 11.4. The van der Waals surface area contributed by atoms with Gasteiger partial charge in [0.15, 0.2) is 5.82 Å². The van der Waals surface area contributed by atoms with Gasteiger partial charge in [0.2, 0.25) is 5.88 Å². The molecule has 1 heterocycles. The summed E-state index contributed by atoms with van der Waals surface area (Å²) in [7, 11) is 0. The minimum atomic E-state index is 0.607. The standard InChI is InChI=1S/C13H14N2O/c1-3-7-12-14-11-9-6-5-8-10(11)13(15-12)16-4-2/h3,5-9H,4H2,1-2H3. The van der Waals surface area contributed by atoms with Crippen LogP contribution in [0.25, 0.3) is 17.0 Å². The molecule has 0 spiro atoms. The van der Waals surface area contributed by atoms with Crippen LogP contribution in [0, 0.1) is 0 Å². The van der Waals surface area contributed by atoms with Gasteiger partial charge in [0.25, 0.3) is 0 Å². The molecule has 0 saturated carbocycles. The second kappa shape index (κ2) is 4.75. The number of benzene rings is 1. The van der Waals surface area contributed by atoms with E-state index in [2.05, 4.69) is 9.97 Å². The zero-order valence-corrected chi connectivity index (χ0v) is 9.47. The van der Waals surface area contributed by atoms with Gasteiger partial charge in [-0.3, -0.25) is 0 Å². The third kappa shape index (κ3) is 2.03. The number of fused-ring (bicyclic) bond motifs is 1. The largest absolute Gasteiger partial charge is 0.477 e. The fourth-order valence-corrected chi connectivity index (χ4v) is 1.54. The topological polar surface area (TPSA) is 35.0 Å². The monoisotopic (exact) mass is 214 g/mol. The molecular formula is C13H14N2O. The summed E-state index contributed by atoms with van der Waals surface area (Å²) >= 11 is 0. The lowest BCUT2D eigenvalue weighted by Crippen LogP contribution is -1.99. The van der Waals surface area contributed by atoms with Gasteiger partial charge in [0.05, 0.1) is 17.5 Å². The van der Waals surface area contributed by atoms with E-state index in [1.165, 1.54) is 0 Å². The molecule has 2 aromatic rings. The highest BCUT2D eigenvalue weighted by Gasteiger charge is 2.05. The van der Waals surface area contributed by atoms with Crippen LogP contribution in [0.2, 0.25) is 0 Å². The molecule has 0 N–H and O–H groups in total. The van der Waals surface area contributed by atoms with Gasteiger partial charge in [0.1, 0.15) is 0 Å². The van der Waals surface area contributed by atoms with Crippen LogP contribution in [0.4, 0.5) is 0 Å². The zero-order valence-electron chi connectivity index (χ0n) is 9.47. The first-order valence-corrected chi connectivity index (χ1v) is 5.37. The van der Waals surface area contributed by atoms with Crippen molar-refractivity contribution < 1.29 is 4.74 Å². The van der Waals surface area contributed by atoms with E-state index in [9.17, 15) is 0 Å². The minimum absolute atomic E-state index is 0.607. The Labute approximate surface area is 94.8 Å². The van der Waals surface area contributed by atoms with Crippen LogP contribution in [0.5, 0.6) is 5.88 Å². The van der Waals surface area contributed by atoms with Crippen molar-refractivity contribution in [2.45, 2.75) is 13.8 Å². The van der Waals surface area contributed by atoms with Gasteiger partial charge in [-0.15, -0.1) is 0 Å². The quantitative estimate of drug-likeness (QED) is 0.787. The molecule has 0 aliphatic carbocycles. The minimum Gasteiger partial charge on any atom is -0.477 e. The molecule has 3 heteroatoms. The van der Waals surface area contributed by atoms with Crippen LogP contribution in [0.3, 0.4) is 0 Å². The SMILES string of the molecule is CC=Cc1nc(OCC)c2ccccc2n1. The fraction of sp³-hybridized carbons (Fsp3) is 0.231. The van der Waals surface area contributed by atoms with Crippen molar-refractivity contribution in [3.63, 3.8) is 0 Å². The van der Waals surface area contributed by atoms with Crippen LogP contribution in [-0.2, 0) is 0 Å². The third-order valence-corrected chi connectivity index (χ3v) is 2.18. The summed E-state index contributed by atoms with van der Waals surface area (Å²) in [4.78, 5) is 8.79. The van der Waals surface area contributed by atoms with Crippen molar-refractivity contribution in [2.75, 3.05) is 6.61 Å². The van der Waals surface area contributed by atoms with Crippen LogP contribution in [0.1, 0.15) is 19.7 Å². The first kappa shape index (κ1) is 10.6. The van der Waals surface area contributed by atoms with E-state index in [1.54, 1.807) is 0 Å². The summed E-state index contributed by atoms with van der Waals surface area (Å²) < 4.78 is 5.52. The molecule has 0 atom stereocenters. The van der Waals surface area contributed by atoms with E-state index in [0.29, 0.717) is 18.3 Å². The van der Waals surface area contributed by atoms with Gasteiger partial charge < -0.3 is 4.74 Å². The molecule has 1 aromatic heterocycles. The summed E-state index contributed by atoms with van der Waals surface area (Å²) in [5, 5.41) is 0.956. The van der Waals surface area contributed by atoms with E-state index in [-0.39, 0.29) is 0 Å². The molecule has 16 heavy (non-hydrogen) atoms. The first-order chi connectivity index (χ1) is 7.85. The molecule has 0 unspecified atom stereocenters. The van der Waals surface area contributed by atoms with E-state index >= 15 is 0 Å². The summed E-state index contributed by atoms with van der Waals surface area (Å²) in [5.74, 6) is 1.34. The molecule has 82 valence electrons. The van der Waals surface area contributed by atoms with Crippen molar-refractivity contribution in [3.8, 4) is 5.88 Å². The lowest BCUT2D eigenvalue weighted by molar-refractivity contribution is 0.330. The summed E-state index contributed by atoms with van der Waals surface area (Å²) in [6, 6.07) is 7.86. The molecule has 0 bridgehead atoms.